The first-order chi connectivity index (χ1) is 18.7. The van der Waals surface area contributed by atoms with E-state index in [-0.39, 0.29) is 12.0 Å². The SMILES string of the molecule is Cc1ccccc1[C@@H]1CCc2c(C(=O)N(C)C)cc3c(nc(C)n3C)c2O1.O=C(O)CC(O)(CC(=O)O)C(=O)O. The van der Waals surface area contributed by atoms with Gasteiger partial charge in [0, 0.05) is 32.3 Å². The van der Waals surface area contributed by atoms with Crippen molar-refractivity contribution in [2.75, 3.05) is 14.1 Å². The summed E-state index contributed by atoms with van der Waals surface area (Å²) in [5, 5.41) is 33.8. The number of imidazole rings is 1. The van der Waals surface area contributed by atoms with Crippen LogP contribution in [0.4, 0.5) is 0 Å². The number of hydrogen-bond acceptors (Lipinski definition) is 7. The van der Waals surface area contributed by atoms with Crippen LogP contribution in [0.2, 0.25) is 0 Å². The summed E-state index contributed by atoms with van der Waals surface area (Å²) in [7, 11) is 5.54. The fourth-order valence-corrected chi connectivity index (χ4v) is 4.61. The monoisotopic (exact) mass is 555 g/mol. The molecule has 214 valence electrons. The minimum Gasteiger partial charge on any atom is -0.483 e. The maximum Gasteiger partial charge on any atom is 0.336 e. The fraction of sp³-hybridized carbons (Fsp3) is 0.393. The molecule has 0 aliphatic carbocycles. The van der Waals surface area contributed by atoms with Gasteiger partial charge >= 0.3 is 17.9 Å². The minimum atomic E-state index is -2.74. The zero-order valence-corrected chi connectivity index (χ0v) is 23.0. The highest BCUT2D eigenvalue weighted by molar-refractivity contribution is 6.01. The van der Waals surface area contributed by atoms with Gasteiger partial charge in [-0.1, -0.05) is 24.3 Å². The van der Waals surface area contributed by atoms with E-state index in [4.69, 9.17) is 30.1 Å². The molecule has 0 unspecified atom stereocenters. The summed E-state index contributed by atoms with van der Waals surface area (Å²) < 4.78 is 8.52. The smallest absolute Gasteiger partial charge is 0.336 e. The Morgan fingerprint density at radius 2 is 1.68 bits per heavy atom. The average Bonchev–Trinajstić information content (AvgIpc) is 3.16. The van der Waals surface area contributed by atoms with Gasteiger partial charge in [-0.3, -0.25) is 14.4 Å². The van der Waals surface area contributed by atoms with Crippen LogP contribution in [0, 0.1) is 13.8 Å². The Labute approximate surface area is 230 Å². The molecule has 4 rings (SSSR count). The van der Waals surface area contributed by atoms with Crippen molar-refractivity contribution in [1.29, 1.82) is 0 Å². The predicted octanol–water partition coefficient (Wildman–Crippen LogP) is 2.71. The molecule has 12 nitrogen and oxygen atoms in total. The number of aliphatic carboxylic acids is 3. The number of carbonyl (C=O) groups is 4. The van der Waals surface area contributed by atoms with E-state index in [9.17, 15) is 19.2 Å². The lowest BCUT2D eigenvalue weighted by Gasteiger charge is -2.29. The van der Waals surface area contributed by atoms with E-state index in [1.807, 2.05) is 36.7 Å². The van der Waals surface area contributed by atoms with Crippen molar-refractivity contribution in [2.45, 2.75) is 51.2 Å². The van der Waals surface area contributed by atoms with Crippen molar-refractivity contribution in [2.24, 2.45) is 7.05 Å². The van der Waals surface area contributed by atoms with Crippen molar-refractivity contribution in [3.05, 3.63) is 58.4 Å². The maximum atomic E-state index is 12.8. The third kappa shape index (κ3) is 6.23. The molecular weight excluding hydrogens is 522 g/mol. The number of hydrogen-bond donors (Lipinski definition) is 4. The molecule has 1 aromatic heterocycles. The first kappa shape index (κ1) is 30.1. The van der Waals surface area contributed by atoms with Gasteiger partial charge in [0.2, 0.25) is 0 Å². The lowest BCUT2D eigenvalue weighted by Crippen LogP contribution is -2.42. The van der Waals surface area contributed by atoms with Gasteiger partial charge in [-0.15, -0.1) is 0 Å². The fourth-order valence-electron chi connectivity index (χ4n) is 4.61. The van der Waals surface area contributed by atoms with Crippen molar-refractivity contribution in [1.82, 2.24) is 14.5 Å². The van der Waals surface area contributed by atoms with Gasteiger partial charge in [0.15, 0.2) is 11.4 Å². The molecule has 1 aliphatic heterocycles. The third-order valence-corrected chi connectivity index (χ3v) is 6.83. The van der Waals surface area contributed by atoms with E-state index < -0.39 is 36.4 Å². The number of amides is 1. The van der Waals surface area contributed by atoms with Crippen LogP contribution in [0.1, 0.15) is 58.2 Å². The first-order valence-corrected chi connectivity index (χ1v) is 12.5. The molecule has 2 heterocycles. The standard InChI is InChI=1S/C22H25N3O2.C6H8O7/c1-13-8-6-7-9-15(13)19-11-10-16-17(22(26)24(3)4)12-18-20(21(16)27-19)23-14(2)25(18)5;7-3(8)1-6(13,5(11)12)2-4(9)10/h6-9,12,19H,10-11H2,1-5H3;13H,1-2H2,(H,7,8)(H,9,10)(H,11,12)/t19-;/m0./s1. The Morgan fingerprint density at radius 3 is 2.20 bits per heavy atom. The summed E-state index contributed by atoms with van der Waals surface area (Å²) in [5.41, 5.74) is 3.16. The van der Waals surface area contributed by atoms with Gasteiger partial charge < -0.3 is 34.6 Å². The Kier molecular flexibility index (Phi) is 8.83. The van der Waals surface area contributed by atoms with Crippen LogP contribution < -0.4 is 4.74 Å². The number of carboxylic acids is 3. The van der Waals surface area contributed by atoms with Gasteiger partial charge in [-0.05, 0) is 43.9 Å². The number of nitrogens with zero attached hydrogens (tertiary/aromatic N) is 3. The molecule has 12 heteroatoms. The summed E-state index contributed by atoms with van der Waals surface area (Å²) in [4.78, 5) is 49.7. The molecule has 1 atom stereocenters. The van der Waals surface area contributed by atoms with E-state index in [0.29, 0.717) is 5.56 Å². The molecule has 4 N–H and O–H groups in total. The summed E-state index contributed by atoms with van der Waals surface area (Å²) in [5.74, 6) is -3.34. The quantitative estimate of drug-likeness (QED) is 0.339. The second-order valence-electron chi connectivity index (χ2n) is 10.00. The molecule has 0 saturated heterocycles. The number of aryl methyl sites for hydroxylation is 3. The summed E-state index contributed by atoms with van der Waals surface area (Å²) in [6.45, 7) is 4.09. The van der Waals surface area contributed by atoms with Crippen molar-refractivity contribution < 1.29 is 44.3 Å². The van der Waals surface area contributed by atoms with Gasteiger partial charge in [-0.25, -0.2) is 9.78 Å². The van der Waals surface area contributed by atoms with Crippen molar-refractivity contribution in [3.63, 3.8) is 0 Å². The highest BCUT2D eigenvalue weighted by Gasteiger charge is 2.40. The van der Waals surface area contributed by atoms with E-state index in [1.54, 1.807) is 19.0 Å². The largest absolute Gasteiger partial charge is 0.483 e. The maximum absolute atomic E-state index is 12.8. The lowest BCUT2D eigenvalue weighted by molar-refractivity contribution is -0.170. The van der Waals surface area contributed by atoms with Crippen molar-refractivity contribution in [3.8, 4) is 5.75 Å². The molecule has 0 fully saturated rings. The zero-order valence-electron chi connectivity index (χ0n) is 23.0. The number of aliphatic hydroxyl groups is 1. The second-order valence-corrected chi connectivity index (χ2v) is 10.00. The zero-order chi connectivity index (χ0) is 29.9. The van der Waals surface area contributed by atoms with Gasteiger partial charge in [0.05, 0.1) is 18.4 Å². The molecule has 40 heavy (non-hydrogen) atoms. The Balaban J connectivity index is 0.000000289. The van der Waals surface area contributed by atoms with Gasteiger partial charge in [0.25, 0.3) is 5.91 Å². The van der Waals surface area contributed by atoms with Crippen molar-refractivity contribution >= 4 is 34.8 Å². The molecule has 1 aliphatic rings. The second kappa shape index (κ2) is 11.7. The van der Waals surface area contributed by atoms with Crippen LogP contribution in [0.15, 0.2) is 30.3 Å². The Morgan fingerprint density at radius 1 is 1.07 bits per heavy atom. The van der Waals surface area contributed by atoms with Gasteiger partial charge in [-0.2, -0.15) is 0 Å². The van der Waals surface area contributed by atoms with E-state index in [2.05, 4.69) is 19.1 Å². The summed E-state index contributed by atoms with van der Waals surface area (Å²) in [6.07, 6.45) is -0.657. The van der Waals surface area contributed by atoms with E-state index >= 15 is 0 Å². The highest BCUT2D eigenvalue weighted by atomic mass is 16.5. The van der Waals surface area contributed by atoms with E-state index in [1.165, 1.54) is 11.1 Å². The summed E-state index contributed by atoms with van der Waals surface area (Å²) in [6, 6.07) is 10.3. The Hall–Kier alpha value is -4.45. The average molecular weight is 556 g/mol. The topological polar surface area (TPSA) is 179 Å². The number of ether oxygens (including phenoxy) is 1. The number of rotatable bonds is 7. The van der Waals surface area contributed by atoms with Crippen LogP contribution >= 0.6 is 0 Å². The normalized spacial score (nSPS) is 14.4. The molecule has 0 spiro atoms. The predicted molar refractivity (Wildman–Crippen MR) is 143 cm³/mol. The number of carbonyl (C=O) groups excluding carboxylic acids is 1. The number of carboxylic acid groups (broad SMARTS) is 3. The minimum absolute atomic E-state index is 0.00458. The molecule has 2 aromatic carbocycles. The van der Waals surface area contributed by atoms with Crippen LogP contribution in [-0.4, -0.2) is 78.4 Å². The molecule has 0 saturated carbocycles. The van der Waals surface area contributed by atoms with E-state index in [0.717, 1.165) is 41.0 Å². The number of benzene rings is 2. The summed E-state index contributed by atoms with van der Waals surface area (Å²) >= 11 is 0. The Bertz CT molecular complexity index is 1460. The molecule has 3 aromatic rings. The number of fused-ring (bicyclic) bond motifs is 3. The third-order valence-electron chi connectivity index (χ3n) is 6.83. The van der Waals surface area contributed by atoms with Crippen LogP contribution in [-0.2, 0) is 27.9 Å². The molecule has 1 amide bonds. The van der Waals surface area contributed by atoms with Crippen LogP contribution in [0.5, 0.6) is 5.75 Å². The first-order valence-electron chi connectivity index (χ1n) is 12.5. The molecule has 0 radical (unpaired) electrons. The van der Waals surface area contributed by atoms with Gasteiger partial charge in [0.1, 0.15) is 17.4 Å². The number of aromatic nitrogens is 2. The van der Waals surface area contributed by atoms with Crippen LogP contribution in [0.3, 0.4) is 0 Å². The highest BCUT2D eigenvalue weighted by Crippen LogP contribution is 2.42. The molecule has 0 bridgehead atoms. The van der Waals surface area contributed by atoms with Crippen LogP contribution in [0.25, 0.3) is 11.0 Å². The lowest BCUT2D eigenvalue weighted by atomic mass is 9.91. The molecular formula is C28H33N3O9.